The van der Waals surface area contributed by atoms with Crippen LogP contribution in [0.5, 0.6) is 0 Å². The molecule has 0 aromatic heterocycles. The van der Waals surface area contributed by atoms with Gasteiger partial charge in [0.1, 0.15) is 5.82 Å². The molecule has 110 valence electrons. The van der Waals surface area contributed by atoms with Crippen LogP contribution in [0.2, 0.25) is 0 Å². The number of rotatable bonds is 5. The van der Waals surface area contributed by atoms with Gasteiger partial charge in [-0.25, -0.2) is 4.39 Å². The number of nitrogens with one attached hydrogen (secondary N) is 1. The molecular formula is C18H20FNS. The first kappa shape index (κ1) is 14.6. The Labute approximate surface area is 130 Å². The lowest BCUT2D eigenvalue weighted by Crippen LogP contribution is -2.28. The van der Waals surface area contributed by atoms with Crippen LogP contribution in [0.15, 0.2) is 54.6 Å². The molecule has 1 nitrogen and oxygen atoms in total. The molecule has 0 radical (unpaired) electrons. The highest BCUT2D eigenvalue weighted by atomic mass is 32.2. The molecule has 2 aromatic rings. The fraction of sp³-hybridized carbons (Fsp3) is 0.333. The van der Waals surface area contributed by atoms with Crippen LogP contribution in [0.4, 0.5) is 4.39 Å². The molecule has 1 N–H and O–H groups in total. The van der Waals surface area contributed by atoms with E-state index in [1.807, 2.05) is 30.0 Å². The average molecular weight is 301 g/mol. The van der Waals surface area contributed by atoms with E-state index in [0.29, 0.717) is 0 Å². The molecule has 1 saturated heterocycles. The first-order valence-electron chi connectivity index (χ1n) is 7.44. The second kappa shape index (κ2) is 7.10. The largest absolute Gasteiger partial charge is 0.306 e. The zero-order chi connectivity index (χ0) is 14.5. The lowest BCUT2D eigenvalue weighted by molar-refractivity contribution is 0.491. The second-order valence-electron chi connectivity index (χ2n) is 5.53. The van der Waals surface area contributed by atoms with Gasteiger partial charge in [0.25, 0.3) is 0 Å². The Morgan fingerprint density at radius 1 is 1.05 bits per heavy atom. The molecule has 0 saturated carbocycles. The van der Waals surface area contributed by atoms with Crippen LogP contribution >= 0.6 is 11.8 Å². The molecule has 21 heavy (non-hydrogen) atoms. The zero-order valence-electron chi connectivity index (χ0n) is 12.0. The van der Waals surface area contributed by atoms with Gasteiger partial charge in [0.2, 0.25) is 0 Å². The molecular weight excluding hydrogens is 281 g/mol. The highest BCUT2D eigenvalue weighted by Crippen LogP contribution is 2.26. The van der Waals surface area contributed by atoms with Crippen molar-refractivity contribution in [2.75, 3.05) is 18.1 Å². The van der Waals surface area contributed by atoms with E-state index in [0.717, 1.165) is 18.0 Å². The minimum atomic E-state index is -0.183. The van der Waals surface area contributed by atoms with E-state index in [4.69, 9.17) is 0 Å². The Hall–Kier alpha value is -1.32. The number of benzene rings is 2. The van der Waals surface area contributed by atoms with Gasteiger partial charge < -0.3 is 5.32 Å². The monoisotopic (exact) mass is 301 g/mol. The van der Waals surface area contributed by atoms with E-state index in [2.05, 4.69) is 29.6 Å². The zero-order valence-corrected chi connectivity index (χ0v) is 12.8. The average Bonchev–Trinajstić information content (AvgIpc) is 3.04. The number of hydrogen-bond donors (Lipinski definition) is 1. The van der Waals surface area contributed by atoms with Crippen molar-refractivity contribution in [3.63, 3.8) is 0 Å². The maximum Gasteiger partial charge on any atom is 0.123 e. The summed E-state index contributed by atoms with van der Waals surface area (Å²) in [5.41, 5.74) is 2.35. The topological polar surface area (TPSA) is 12.0 Å². The lowest BCUT2D eigenvalue weighted by atomic mass is 9.97. The molecule has 2 unspecified atom stereocenters. The summed E-state index contributed by atoms with van der Waals surface area (Å²) >= 11 is 2.04. The fourth-order valence-electron chi connectivity index (χ4n) is 2.76. The first-order valence-corrected chi connectivity index (χ1v) is 8.60. The van der Waals surface area contributed by atoms with E-state index in [-0.39, 0.29) is 11.9 Å². The van der Waals surface area contributed by atoms with E-state index < -0.39 is 0 Å². The SMILES string of the molecule is Fc1ccc(C(NCC2CCSC2)c2ccccc2)cc1. The summed E-state index contributed by atoms with van der Waals surface area (Å²) in [6, 6.07) is 17.4. The molecule has 0 spiro atoms. The molecule has 3 rings (SSSR count). The van der Waals surface area contributed by atoms with Crippen molar-refractivity contribution in [1.29, 1.82) is 0 Å². The van der Waals surface area contributed by atoms with Crippen molar-refractivity contribution in [3.05, 3.63) is 71.5 Å². The molecule has 1 fully saturated rings. The Balaban J connectivity index is 1.78. The molecule has 0 bridgehead atoms. The first-order chi connectivity index (χ1) is 10.3. The predicted octanol–water partition coefficient (Wildman–Crippen LogP) is 4.26. The van der Waals surface area contributed by atoms with Crippen molar-refractivity contribution in [2.24, 2.45) is 5.92 Å². The summed E-state index contributed by atoms with van der Waals surface area (Å²) < 4.78 is 13.2. The predicted molar refractivity (Wildman–Crippen MR) is 88.1 cm³/mol. The van der Waals surface area contributed by atoms with Crippen LogP contribution < -0.4 is 5.32 Å². The van der Waals surface area contributed by atoms with Crippen molar-refractivity contribution in [2.45, 2.75) is 12.5 Å². The highest BCUT2D eigenvalue weighted by Gasteiger charge is 2.19. The third-order valence-electron chi connectivity index (χ3n) is 3.97. The molecule has 1 aliphatic heterocycles. The molecule has 2 aromatic carbocycles. The third kappa shape index (κ3) is 3.86. The molecule has 1 heterocycles. The van der Waals surface area contributed by atoms with Gasteiger partial charge >= 0.3 is 0 Å². The minimum Gasteiger partial charge on any atom is -0.306 e. The van der Waals surface area contributed by atoms with Crippen molar-refractivity contribution in [1.82, 2.24) is 5.32 Å². The van der Waals surface area contributed by atoms with Crippen molar-refractivity contribution >= 4 is 11.8 Å². The number of hydrogen-bond acceptors (Lipinski definition) is 2. The Kier molecular flexibility index (Phi) is 4.94. The smallest absolute Gasteiger partial charge is 0.123 e. The van der Waals surface area contributed by atoms with Gasteiger partial charge in [0.05, 0.1) is 6.04 Å². The van der Waals surface area contributed by atoms with E-state index >= 15 is 0 Å². The van der Waals surface area contributed by atoms with Gasteiger partial charge in [-0.2, -0.15) is 11.8 Å². The normalized spacial score (nSPS) is 19.6. The molecule has 0 aliphatic carbocycles. The summed E-state index contributed by atoms with van der Waals surface area (Å²) in [6.45, 7) is 1.02. The van der Waals surface area contributed by atoms with Gasteiger partial charge in [-0.15, -0.1) is 0 Å². The van der Waals surface area contributed by atoms with Gasteiger partial charge in [0, 0.05) is 0 Å². The van der Waals surface area contributed by atoms with Crippen molar-refractivity contribution < 1.29 is 4.39 Å². The Morgan fingerprint density at radius 2 is 1.76 bits per heavy atom. The van der Waals surface area contributed by atoms with Gasteiger partial charge in [-0.05, 0) is 53.6 Å². The molecule has 2 atom stereocenters. The van der Waals surface area contributed by atoms with Crippen LogP contribution in [-0.4, -0.2) is 18.1 Å². The minimum absolute atomic E-state index is 0.136. The van der Waals surface area contributed by atoms with Crippen LogP contribution in [0.3, 0.4) is 0 Å². The van der Waals surface area contributed by atoms with Crippen LogP contribution in [0.25, 0.3) is 0 Å². The van der Waals surface area contributed by atoms with Crippen LogP contribution in [0.1, 0.15) is 23.6 Å². The van der Waals surface area contributed by atoms with Gasteiger partial charge in [-0.1, -0.05) is 42.5 Å². The summed E-state index contributed by atoms with van der Waals surface area (Å²) in [5.74, 6) is 3.09. The summed E-state index contributed by atoms with van der Waals surface area (Å²) in [7, 11) is 0. The number of thioether (sulfide) groups is 1. The van der Waals surface area contributed by atoms with Crippen LogP contribution in [-0.2, 0) is 0 Å². The third-order valence-corrected chi connectivity index (χ3v) is 5.20. The van der Waals surface area contributed by atoms with Gasteiger partial charge in [-0.3, -0.25) is 0 Å². The van der Waals surface area contributed by atoms with E-state index in [1.165, 1.54) is 23.5 Å². The summed E-state index contributed by atoms with van der Waals surface area (Å²) in [5, 5.41) is 3.68. The summed E-state index contributed by atoms with van der Waals surface area (Å²) in [6.07, 6.45) is 1.29. The van der Waals surface area contributed by atoms with Crippen molar-refractivity contribution in [3.8, 4) is 0 Å². The molecule has 3 heteroatoms. The Bertz CT molecular complexity index is 549. The highest BCUT2D eigenvalue weighted by molar-refractivity contribution is 7.99. The molecule has 0 amide bonds. The quantitative estimate of drug-likeness (QED) is 0.885. The summed E-state index contributed by atoms with van der Waals surface area (Å²) in [4.78, 5) is 0. The maximum absolute atomic E-state index is 13.2. The standard InChI is InChI=1S/C18H20FNS/c19-17-8-6-16(7-9-17)18(15-4-2-1-3-5-15)20-12-14-10-11-21-13-14/h1-9,14,18,20H,10-13H2. The Morgan fingerprint density at radius 3 is 2.43 bits per heavy atom. The van der Waals surface area contributed by atoms with E-state index in [1.54, 1.807) is 12.1 Å². The number of halogens is 1. The fourth-order valence-corrected chi connectivity index (χ4v) is 4.04. The lowest BCUT2D eigenvalue weighted by Gasteiger charge is -2.22. The van der Waals surface area contributed by atoms with Gasteiger partial charge in [0.15, 0.2) is 0 Å². The maximum atomic E-state index is 13.2. The second-order valence-corrected chi connectivity index (χ2v) is 6.68. The van der Waals surface area contributed by atoms with E-state index in [9.17, 15) is 4.39 Å². The molecule has 1 aliphatic rings. The van der Waals surface area contributed by atoms with Crippen LogP contribution in [0, 0.1) is 11.7 Å².